The second-order valence-corrected chi connectivity index (χ2v) is 8.92. The van der Waals surface area contributed by atoms with Gasteiger partial charge in [-0.05, 0) is 37.7 Å². The van der Waals surface area contributed by atoms with Gasteiger partial charge >= 0.3 is 0 Å². The fourth-order valence-corrected chi connectivity index (χ4v) is 4.38. The summed E-state index contributed by atoms with van der Waals surface area (Å²) >= 11 is 0. The summed E-state index contributed by atoms with van der Waals surface area (Å²) in [6.07, 6.45) is 6.68. The maximum Gasteiger partial charge on any atom is 0.259 e. The molecule has 8 heteroatoms. The molecule has 3 aromatic heterocycles. The lowest BCUT2D eigenvalue weighted by atomic mass is 10.0. The lowest BCUT2D eigenvalue weighted by molar-refractivity contribution is 0.243. The van der Waals surface area contributed by atoms with Gasteiger partial charge < -0.3 is 14.5 Å². The summed E-state index contributed by atoms with van der Waals surface area (Å²) in [5, 5.41) is 0. The van der Waals surface area contributed by atoms with Gasteiger partial charge in [0, 0.05) is 50.7 Å². The van der Waals surface area contributed by atoms with Crippen molar-refractivity contribution >= 4 is 17.2 Å². The van der Waals surface area contributed by atoms with E-state index in [1.807, 2.05) is 72.2 Å². The Hall–Kier alpha value is -3.96. The summed E-state index contributed by atoms with van der Waals surface area (Å²) in [5.41, 5.74) is 4.75. The van der Waals surface area contributed by atoms with Gasteiger partial charge in [-0.25, -0.2) is 19.8 Å². The second kappa shape index (κ2) is 9.12. The molecule has 1 aromatic carbocycles. The molecule has 1 fully saturated rings. The molecule has 0 radical (unpaired) electrons. The molecule has 1 saturated heterocycles. The number of benzene rings is 1. The first-order valence-electron chi connectivity index (χ1n) is 11.3. The second-order valence-electron chi connectivity index (χ2n) is 8.92. The Bertz CT molecular complexity index is 1340. The lowest BCUT2D eigenvalue weighted by Gasteiger charge is -2.17. The van der Waals surface area contributed by atoms with Crippen LogP contribution in [0.15, 0.2) is 55.0 Å². The molecule has 172 valence electrons. The van der Waals surface area contributed by atoms with Crippen LogP contribution in [0.25, 0.3) is 33.0 Å². The molecular weight excluding hydrogens is 426 g/mol. The normalized spacial score (nSPS) is 16.0. The molecule has 4 heterocycles. The van der Waals surface area contributed by atoms with Crippen molar-refractivity contribution in [3.05, 3.63) is 66.4 Å². The zero-order valence-electron chi connectivity index (χ0n) is 19.6. The van der Waals surface area contributed by atoms with E-state index in [0.717, 1.165) is 47.8 Å². The highest BCUT2D eigenvalue weighted by Crippen LogP contribution is 2.35. The largest absolute Gasteiger partial charge is 0.475 e. The summed E-state index contributed by atoms with van der Waals surface area (Å²) in [5.74, 6) is 1.87. The summed E-state index contributed by atoms with van der Waals surface area (Å²) in [6, 6.07) is 11.5. The van der Waals surface area contributed by atoms with Crippen molar-refractivity contribution in [3.8, 4) is 28.4 Å². The van der Waals surface area contributed by atoms with Crippen molar-refractivity contribution in [1.29, 1.82) is 0 Å². The third-order valence-corrected chi connectivity index (χ3v) is 6.20. The molecule has 8 nitrogen and oxygen atoms in total. The van der Waals surface area contributed by atoms with E-state index in [9.17, 15) is 0 Å². The van der Waals surface area contributed by atoms with Gasteiger partial charge in [0.05, 0.1) is 24.6 Å². The van der Waals surface area contributed by atoms with E-state index in [-0.39, 0.29) is 0 Å². The third-order valence-electron chi connectivity index (χ3n) is 6.20. The number of ether oxygens (including phenoxy) is 1. The van der Waals surface area contributed by atoms with Crippen LogP contribution in [-0.2, 0) is 0 Å². The topological polar surface area (TPSA) is 63.1 Å². The Balaban J connectivity index is 1.63. The Kier molecular flexibility index (Phi) is 5.86. The number of imidazole rings is 1. The fraction of sp³-hybridized carbons (Fsp3) is 0.308. The molecule has 0 amide bonds. The monoisotopic (exact) mass is 453 g/mol. The van der Waals surface area contributed by atoms with Crippen molar-refractivity contribution in [2.24, 2.45) is 5.92 Å². The van der Waals surface area contributed by atoms with Crippen LogP contribution >= 0.6 is 0 Å². The average Bonchev–Trinajstić information content (AvgIpc) is 3.51. The Labute approximate surface area is 199 Å². The van der Waals surface area contributed by atoms with E-state index in [1.165, 1.54) is 0 Å². The van der Waals surface area contributed by atoms with Crippen LogP contribution < -0.4 is 9.64 Å². The summed E-state index contributed by atoms with van der Waals surface area (Å²) in [4.78, 5) is 22.0. The predicted molar refractivity (Wildman–Crippen MR) is 133 cm³/mol. The number of pyridine rings is 1. The van der Waals surface area contributed by atoms with Gasteiger partial charge in [0.15, 0.2) is 5.69 Å². The molecule has 0 saturated carbocycles. The Morgan fingerprint density at radius 1 is 1.12 bits per heavy atom. The smallest absolute Gasteiger partial charge is 0.259 e. The Morgan fingerprint density at radius 2 is 1.91 bits per heavy atom. The van der Waals surface area contributed by atoms with E-state index < -0.39 is 0 Å². The maximum absolute atomic E-state index is 7.28. The van der Waals surface area contributed by atoms with Gasteiger partial charge in [0.2, 0.25) is 5.65 Å². The van der Waals surface area contributed by atoms with E-state index in [1.54, 1.807) is 6.20 Å². The third kappa shape index (κ3) is 4.18. The first-order chi connectivity index (χ1) is 16.5. The number of fused-ring (bicyclic) bond motifs is 1. The summed E-state index contributed by atoms with van der Waals surface area (Å²) < 4.78 is 8.29. The van der Waals surface area contributed by atoms with Crippen molar-refractivity contribution in [1.82, 2.24) is 24.3 Å². The molecule has 1 atom stereocenters. The molecule has 0 spiro atoms. The van der Waals surface area contributed by atoms with Crippen LogP contribution in [0.2, 0.25) is 0 Å². The highest BCUT2D eigenvalue weighted by atomic mass is 16.5. The van der Waals surface area contributed by atoms with Crippen molar-refractivity contribution in [2.75, 3.05) is 45.7 Å². The number of aromatic nitrogens is 4. The molecule has 0 unspecified atom stereocenters. The molecule has 4 aromatic rings. The number of rotatable bonds is 6. The quantitative estimate of drug-likeness (QED) is 0.403. The molecule has 34 heavy (non-hydrogen) atoms. The molecule has 0 bridgehead atoms. The zero-order valence-corrected chi connectivity index (χ0v) is 19.6. The van der Waals surface area contributed by atoms with Crippen LogP contribution in [0, 0.1) is 12.5 Å². The number of hydrogen-bond acceptors (Lipinski definition) is 6. The van der Waals surface area contributed by atoms with Gasteiger partial charge in [-0.2, -0.15) is 0 Å². The SMILES string of the molecule is [C-]#[N+]c1ccc(-c2nc(OC[C@@H]3CCN(C)C3)c3nccn3c2-c2ccc(N(C)C)nc2)cc1. The number of anilines is 1. The molecule has 1 aliphatic rings. The van der Waals surface area contributed by atoms with E-state index in [0.29, 0.717) is 29.7 Å². The van der Waals surface area contributed by atoms with Gasteiger partial charge in [0.25, 0.3) is 5.88 Å². The Morgan fingerprint density at radius 3 is 2.56 bits per heavy atom. The number of hydrogen-bond donors (Lipinski definition) is 0. The number of likely N-dealkylation sites (tertiary alicyclic amines) is 1. The number of nitrogens with zero attached hydrogens (tertiary/aromatic N) is 7. The van der Waals surface area contributed by atoms with E-state index >= 15 is 0 Å². The lowest BCUT2D eigenvalue weighted by Crippen LogP contribution is -2.18. The van der Waals surface area contributed by atoms with Crippen LogP contribution in [0.5, 0.6) is 5.88 Å². The van der Waals surface area contributed by atoms with Crippen LogP contribution in [0.4, 0.5) is 11.5 Å². The minimum Gasteiger partial charge on any atom is -0.475 e. The minimum atomic E-state index is 0.477. The van der Waals surface area contributed by atoms with E-state index in [2.05, 4.69) is 26.8 Å². The first-order valence-corrected chi connectivity index (χ1v) is 11.3. The van der Waals surface area contributed by atoms with Gasteiger partial charge in [-0.1, -0.05) is 24.3 Å². The highest BCUT2D eigenvalue weighted by Gasteiger charge is 2.23. The molecule has 1 aliphatic heterocycles. The first kappa shape index (κ1) is 21.9. The van der Waals surface area contributed by atoms with Gasteiger partial charge in [-0.3, -0.25) is 4.40 Å². The molecular formula is C26H27N7O. The zero-order chi connectivity index (χ0) is 23.7. The average molecular weight is 454 g/mol. The molecule has 0 aliphatic carbocycles. The van der Waals surface area contributed by atoms with Crippen LogP contribution in [-0.4, -0.2) is 65.1 Å². The molecule has 0 N–H and O–H groups in total. The van der Waals surface area contributed by atoms with Crippen LogP contribution in [0.3, 0.4) is 0 Å². The van der Waals surface area contributed by atoms with Crippen molar-refractivity contribution in [3.63, 3.8) is 0 Å². The van der Waals surface area contributed by atoms with Crippen LogP contribution in [0.1, 0.15) is 6.42 Å². The summed E-state index contributed by atoms with van der Waals surface area (Å²) in [6.45, 7) is 10.0. The maximum atomic E-state index is 7.28. The summed E-state index contributed by atoms with van der Waals surface area (Å²) in [7, 11) is 6.08. The van der Waals surface area contributed by atoms with Crippen molar-refractivity contribution in [2.45, 2.75) is 6.42 Å². The highest BCUT2D eigenvalue weighted by molar-refractivity contribution is 5.82. The van der Waals surface area contributed by atoms with E-state index in [4.69, 9.17) is 16.3 Å². The standard InChI is InChI=1S/C26H27N7O/c1-27-21-8-5-19(6-9-21)23-24(20-7-10-22(29-15-20)31(2)3)33-14-12-28-25(33)26(30-23)34-17-18-11-13-32(4)16-18/h5-10,12,14-15,18H,11,13,16-17H2,2-4H3/t18-/m1/s1. The fourth-order valence-electron chi connectivity index (χ4n) is 4.38. The predicted octanol–water partition coefficient (Wildman–Crippen LogP) is 4.41. The van der Waals surface area contributed by atoms with Gasteiger partial charge in [0.1, 0.15) is 5.82 Å². The minimum absolute atomic E-state index is 0.477. The van der Waals surface area contributed by atoms with Crippen molar-refractivity contribution < 1.29 is 4.74 Å². The van der Waals surface area contributed by atoms with Gasteiger partial charge in [-0.15, -0.1) is 0 Å². The molecule has 5 rings (SSSR count).